The van der Waals surface area contributed by atoms with E-state index in [1.807, 2.05) is 31.2 Å². The second-order valence-electron chi connectivity index (χ2n) is 6.94. The maximum atomic E-state index is 13.7. The predicted octanol–water partition coefficient (Wildman–Crippen LogP) is 5.79. The van der Waals surface area contributed by atoms with Gasteiger partial charge in [-0.3, -0.25) is 0 Å². The van der Waals surface area contributed by atoms with Crippen LogP contribution in [0.15, 0.2) is 40.9 Å². The average molecular weight is 415 g/mol. The average Bonchev–Trinajstić information content (AvgIpc) is 3.40. The van der Waals surface area contributed by atoms with Crippen LogP contribution in [0.1, 0.15) is 25.3 Å². The molecule has 0 radical (unpaired) electrons. The van der Waals surface area contributed by atoms with E-state index >= 15 is 0 Å². The molecule has 0 amide bonds. The minimum absolute atomic E-state index is 0.282. The number of aryl methyl sites for hydroxylation is 1. The first-order chi connectivity index (χ1) is 12.5. The van der Waals surface area contributed by atoms with E-state index in [-0.39, 0.29) is 5.82 Å². The highest BCUT2D eigenvalue weighted by Gasteiger charge is 2.28. The molecule has 1 aliphatic carbocycles. The molecule has 1 atom stereocenters. The molecule has 0 saturated heterocycles. The van der Waals surface area contributed by atoms with Gasteiger partial charge < -0.3 is 10.6 Å². The fourth-order valence-electron chi connectivity index (χ4n) is 3.15. The van der Waals surface area contributed by atoms with Gasteiger partial charge in [0.05, 0.1) is 5.52 Å². The van der Waals surface area contributed by atoms with Crippen molar-refractivity contribution in [1.29, 1.82) is 0 Å². The summed E-state index contributed by atoms with van der Waals surface area (Å²) in [7, 11) is 0. The van der Waals surface area contributed by atoms with Crippen molar-refractivity contribution < 1.29 is 4.39 Å². The molecule has 1 saturated carbocycles. The van der Waals surface area contributed by atoms with E-state index in [9.17, 15) is 4.39 Å². The highest BCUT2D eigenvalue weighted by atomic mass is 79.9. The van der Waals surface area contributed by atoms with Crippen LogP contribution in [0.5, 0.6) is 0 Å². The molecular formula is C20H20BrFN4. The molecule has 0 bridgehead atoms. The molecule has 0 unspecified atom stereocenters. The normalized spacial score (nSPS) is 15.1. The lowest BCUT2D eigenvalue weighted by Crippen LogP contribution is -2.19. The van der Waals surface area contributed by atoms with Crippen LogP contribution in [0.3, 0.4) is 0 Å². The minimum Gasteiger partial charge on any atom is -0.367 e. The van der Waals surface area contributed by atoms with Crippen molar-refractivity contribution >= 4 is 44.3 Å². The minimum atomic E-state index is -0.282. The summed E-state index contributed by atoms with van der Waals surface area (Å²) < 4.78 is 14.6. The van der Waals surface area contributed by atoms with Crippen LogP contribution < -0.4 is 10.6 Å². The van der Waals surface area contributed by atoms with Gasteiger partial charge in [-0.25, -0.2) is 9.37 Å². The summed E-state index contributed by atoms with van der Waals surface area (Å²) in [6.45, 7) is 4.04. The van der Waals surface area contributed by atoms with Crippen LogP contribution in [-0.4, -0.2) is 16.0 Å². The van der Waals surface area contributed by atoms with E-state index in [0.717, 1.165) is 26.8 Å². The summed E-state index contributed by atoms with van der Waals surface area (Å²) in [6.07, 6.45) is 2.52. The Bertz CT molecular complexity index is 951. The number of fused-ring (bicyclic) bond motifs is 1. The first-order valence-corrected chi connectivity index (χ1v) is 9.56. The van der Waals surface area contributed by atoms with Crippen LogP contribution in [-0.2, 0) is 0 Å². The molecule has 2 N–H and O–H groups in total. The van der Waals surface area contributed by atoms with Gasteiger partial charge in [0.25, 0.3) is 0 Å². The van der Waals surface area contributed by atoms with Gasteiger partial charge in [0, 0.05) is 21.6 Å². The maximum absolute atomic E-state index is 13.7. The first kappa shape index (κ1) is 17.2. The third-order valence-corrected chi connectivity index (χ3v) is 5.31. The molecule has 4 rings (SSSR count). The zero-order chi connectivity index (χ0) is 18.3. The fourth-order valence-corrected chi connectivity index (χ4v) is 3.61. The molecule has 1 aliphatic rings. The molecule has 2 aromatic carbocycles. The molecule has 6 heteroatoms. The SMILES string of the molecule is Cc1cc(F)cc(Nc2nc(N[C@H](C)C3CC3)c3cccc(Br)c3n2)c1. The Hall–Kier alpha value is -2.21. The number of halogens is 2. The molecule has 0 aliphatic heterocycles. The third-order valence-electron chi connectivity index (χ3n) is 4.67. The number of nitrogens with one attached hydrogen (secondary N) is 2. The van der Waals surface area contributed by atoms with E-state index < -0.39 is 0 Å². The molecule has 1 fully saturated rings. The molecule has 1 aromatic heterocycles. The summed E-state index contributed by atoms with van der Waals surface area (Å²) in [4.78, 5) is 9.30. The Kier molecular flexibility index (Phi) is 4.53. The third kappa shape index (κ3) is 3.65. The summed E-state index contributed by atoms with van der Waals surface area (Å²) in [5, 5.41) is 7.64. The van der Waals surface area contributed by atoms with Crippen LogP contribution >= 0.6 is 15.9 Å². The Morgan fingerprint density at radius 2 is 2.00 bits per heavy atom. The fraction of sp³-hybridized carbons (Fsp3) is 0.300. The Labute approximate surface area is 160 Å². The van der Waals surface area contributed by atoms with Gasteiger partial charge in [-0.05, 0) is 84.4 Å². The van der Waals surface area contributed by atoms with Crippen molar-refractivity contribution in [2.45, 2.75) is 32.7 Å². The number of anilines is 3. The highest BCUT2D eigenvalue weighted by molar-refractivity contribution is 9.10. The van der Waals surface area contributed by atoms with Gasteiger partial charge in [-0.1, -0.05) is 6.07 Å². The summed E-state index contributed by atoms with van der Waals surface area (Å²) in [5.41, 5.74) is 2.30. The monoisotopic (exact) mass is 414 g/mol. The predicted molar refractivity (Wildman–Crippen MR) is 107 cm³/mol. The van der Waals surface area contributed by atoms with E-state index in [2.05, 4.69) is 43.5 Å². The Morgan fingerprint density at radius 1 is 1.19 bits per heavy atom. The van der Waals surface area contributed by atoms with Crippen molar-refractivity contribution in [3.63, 3.8) is 0 Å². The Balaban J connectivity index is 1.75. The van der Waals surface area contributed by atoms with Gasteiger partial charge >= 0.3 is 0 Å². The summed E-state index contributed by atoms with van der Waals surface area (Å²) in [6, 6.07) is 11.1. The molecule has 4 nitrogen and oxygen atoms in total. The van der Waals surface area contributed by atoms with Crippen molar-refractivity contribution in [1.82, 2.24) is 9.97 Å². The molecule has 0 spiro atoms. The summed E-state index contributed by atoms with van der Waals surface area (Å²) in [5.74, 6) is 1.66. The van der Waals surface area contributed by atoms with E-state index in [1.165, 1.54) is 25.0 Å². The van der Waals surface area contributed by atoms with Gasteiger partial charge in [0.1, 0.15) is 11.6 Å². The standard InChI is InChI=1S/C20H20BrFN4/c1-11-8-14(22)10-15(9-11)24-20-25-18-16(4-3-5-17(18)21)19(26-20)23-12(2)13-6-7-13/h3-5,8-10,12-13H,6-7H2,1-2H3,(H2,23,24,25,26)/t12-/m1/s1. The highest BCUT2D eigenvalue weighted by Crippen LogP contribution is 2.36. The maximum Gasteiger partial charge on any atom is 0.229 e. The van der Waals surface area contributed by atoms with Crippen LogP contribution in [0, 0.1) is 18.7 Å². The lowest BCUT2D eigenvalue weighted by molar-refractivity contribution is 0.627. The largest absolute Gasteiger partial charge is 0.367 e. The molecule has 3 aromatic rings. The first-order valence-electron chi connectivity index (χ1n) is 8.76. The van der Waals surface area contributed by atoms with Gasteiger partial charge in [-0.2, -0.15) is 4.98 Å². The molecule has 134 valence electrons. The van der Waals surface area contributed by atoms with Crippen LogP contribution in [0.2, 0.25) is 0 Å². The van der Waals surface area contributed by atoms with Crippen molar-refractivity contribution in [3.8, 4) is 0 Å². The number of hydrogen-bond donors (Lipinski definition) is 2. The van der Waals surface area contributed by atoms with E-state index in [0.29, 0.717) is 23.6 Å². The number of rotatable bonds is 5. The van der Waals surface area contributed by atoms with Crippen LogP contribution in [0.25, 0.3) is 10.9 Å². The number of para-hydroxylation sites is 1. The quantitative estimate of drug-likeness (QED) is 0.554. The van der Waals surface area contributed by atoms with Gasteiger partial charge in [0.15, 0.2) is 0 Å². The number of hydrogen-bond acceptors (Lipinski definition) is 4. The second-order valence-corrected chi connectivity index (χ2v) is 7.80. The number of aromatic nitrogens is 2. The van der Waals surface area contributed by atoms with Crippen molar-refractivity contribution in [2.75, 3.05) is 10.6 Å². The molecule has 26 heavy (non-hydrogen) atoms. The van der Waals surface area contributed by atoms with Crippen molar-refractivity contribution in [3.05, 3.63) is 52.3 Å². The topological polar surface area (TPSA) is 49.8 Å². The lowest BCUT2D eigenvalue weighted by atomic mass is 10.2. The van der Waals surface area contributed by atoms with E-state index in [4.69, 9.17) is 0 Å². The molecule has 1 heterocycles. The smallest absolute Gasteiger partial charge is 0.229 e. The Morgan fingerprint density at radius 3 is 2.73 bits per heavy atom. The summed E-state index contributed by atoms with van der Waals surface area (Å²) >= 11 is 3.58. The zero-order valence-electron chi connectivity index (χ0n) is 14.7. The van der Waals surface area contributed by atoms with E-state index in [1.54, 1.807) is 0 Å². The van der Waals surface area contributed by atoms with Gasteiger partial charge in [-0.15, -0.1) is 0 Å². The zero-order valence-corrected chi connectivity index (χ0v) is 16.3. The number of benzene rings is 2. The van der Waals surface area contributed by atoms with Crippen LogP contribution in [0.4, 0.5) is 21.8 Å². The molecular weight excluding hydrogens is 395 g/mol. The lowest BCUT2D eigenvalue weighted by Gasteiger charge is -2.17. The van der Waals surface area contributed by atoms with Crippen molar-refractivity contribution in [2.24, 2.45) is 5.92 Å². The second kappa shape index (κ2) is 6.83. The van der Waals surface area contributed by atoms with Gasteiger partial charge in [0.2, 0.25) is 5.95 Å². The number of nitrogens with zero attached hydrogens (tertiary/aromatic N) is 2.